The van der Waals surface area contributed by atoms with Crippen LogP contribution in [0.3, 0.4) is 0 Å². The van der Waals surface area contributed by atoms with E-state index in [-0.39, 0.29) is 13.0 Å². The van der Waals surface area contributed by atoms with Crippen LogP contribution < -0.4 is 11.1 Å². The Morgan fingerprint density at radius 2 is 2.00 bits per heavy atom. The zero-order chi connectivity index (χ0) is 17.0. The van der Waals surface area contributed by atoms with Crippen molar-refractivity contribution in [2.24, 2.45) is 5.73 Å². The quantitative estimate of drug-likeness (QED) is 0.840. The highest BCUT2D eigenvalue weighted by molar-refractivity contribution is 5.91. The molecule has 0 radical (unpaired) electrons. The van der Waals surface area contributed by atoms with Crippen molar-refractivity contribution in [3.63, 3.8) is 0 Å². The molecular weight excluding hydrogens is 311 g/mol. The SMILES string of the molecule is N[C@@H](Cc1ccccc1)C(=O)NC1CCN(CC(F)(F)F)C1=O. The molecule has 1 aliphatic rings. The Kier molecular flexibility index (Phi) is 5.25. The molecule has 1 fully saturated rings. The molecule has 23 heavy (non-hydrogen) atoms. The number of amides is 2. The molecule has 1 aliphatic heterocycles. The van der Waals surface area contributed by atoms with Gasteiger partial charge >= 0.3 is 6.18 Å². The van der Waals surface area contributed by atoms with Crippen LogP contribution in [0, 0.1) is 0 Å². The lowest BCUT2D eigenvalue weighted by atomic mass is 10.1. The van der Waals surface area contributed by atoms with Gasteiger partial charge in [0.25, 0.3) is 0 Å². The maximum atomic E-state index is 12.3. The Balaban J connectivity index is 1.87. The Bertz CT molecular complexity index is 563. The van der Waals surface area contributed by atoms with Gasteiger partial charge in [-0.15, -0.1) is 0 Å². The van der Waals surface area contributed by atoms with Gasteiger partial charge in [0.15, 0.2) is 0 Å². The zero-order valence-corrected chi connectivity index (χ0v) is 12.3. The molecule has 2 rings (SSSR count). The molecular formula is C15H18F3N3O2. The average molecular weight is 329 g/mol. The largest absolute Gasteiger partial charge is 0.406 e. The van der Waals surface area contributed by atoms with Crippen molar-refractivity contribution in [1.29, 1.82) is 0 Å². The van der Waals surface area contributed by atoms with E-state index in [4.69, 9.17) is 5.73 Å². The Morgan fingerprint density at radius 3 is 2.61 bits per heavy atom. The van der Waals surface area contributed by atoms with Crippen LogP contribution in [0.2, 0.25) is 0 Å². The number of halogens is 3. The lowest BCUT2D eigenvalue weighted by Gasteiger charge is -2.19. The third kappa shape index (κ3) is 4.95. The first-order valence-electron chi connectivity index (χ1n) is 7.21. The Hall–Kier alpha value is -2.09. The summed E-state index contributed by atoms with van der Waals surface area (Å²) in [6.45, 7) is -1.33. The van der Waals surface area contributed by atoms with E-state index in [0.29, 0.717) is 11.3 Å². The van der Waals surface area contributed by atoms with E-state index >= 15 is 0 Å². The second kappa shape index (κ2) is 6.99. The smallest absolute Gasteiger partial charge is 0.343 e. The number of hydrogen-bond acceptors (Lipinski definition) is 3. The van der Waals surface area contributed by atoms with Gasteiger partial charge in [-0.25, -0.2) is 0 Å². The molecule has 1 heterocycles. The number of benzene rings is 1. The van der Waals surface area contributed by atoms with Gasteiger partial charge in [0, 0.05) is 6.54 Å². The average Bonchev–Trinajstić information content (AvgIpc) is 2.79. The molecule has 1 aromatic carbocycles. The summed E-state index contributed by atoms with van der Waals surface area (Å²) in [5.74, 6) is -1.26. The monoisotopic (exact) mass is 329 g/mol. The van der Waals surface area contributed by atoms with Gasteiger partial charge in [-0.3, -0.25) is 9.59 Å². The molecule has 8 heteroatoms. The number of carbonyl (C=O) groups excluding carboxylic acids is 2. The minimum Gasteiger partial charge on any atom is -0.343 e. The molecule has 0 bridgehead atoms. The standard InChI is InChI=1S/C15H18F3N3O2/c16-15(17,18)9-21-7-6-12(14(21)23)20-13(22)11(19)8-10-4-2-1-3-5-10/h1-5,11-12H,6-9,19H2,(H,20,22)/t11-,12?/m0/s1. The molecule has 3 N–H and O–H groups in total. The van der Waals surface area contributed by atoms with Gasteiger partial charge in [-0.1, -0.05) is 30.3 Å². The minimum atomic E-state index is -4.45. The molecule has 1 saturated heterocycles. The molecule has 0 aromatic heterocycles. The number of carbonyl (C=O) groups is 2. The second-order valence-electron chi connectivity index (χ2n) is 5.52. The predicted molar refractivity (Wildman–Crippen MR) is 77.3 cm³/mol. The summed E-state index contributed by atoms with van der Waals surface area (Å²) >= 11 is 0. The lowest BCUT2D eigenvalue weighted by molar-refractivity contribution is -0.158. The molecule has 126 valence electrons. The van der Waals surface area contributed by atoms with E-state index in [1.807, 2.05) is 30.3 Å². The van der Waals surface area contributed by atoms with Crippen LogP contribution in [-0.2, 0) is 16.0 Å². The zero-order valence-electron chi connectivity index (χ0n) is 12.3. The maximum absolute atomic E-state index is 12.3. The van der Waals surface area contributed by atoms with Gasteiger partial charge in [0.1, 0.15) is 12.6 Å². The fourth-order valence-corrected chi connectivity index (χ4v) is 2.49. The number of rotatable bonds is 5. The summed E-state index contributed by atoms with van der Waals surface area (Å²) in [7, 11) is 0. The molecule has 2 amide bonds. The van der Waals surface area contributed by atoms with Crippen molar-refractivity contribution in [2.75, 3.05) is 13.1 Å². The normalized spacial score (nSPS) is 19.7. The number of likely N-dealkylation sites (tertiary alicyclic amines) is 1. The van der Waals surface area contributed by atoms with Crippen LogP contribution in [0.25, 0.3) is 0 Å². The second-order valence-corrected chi connectivity index (χ2v) is 5.52. The lowest BCUT2D eigenvalue weighted by Crippen LogP contribution is -2.49. The fraction of sp³-hybridized carbons (Fsp3) is 0.467. The van der Waals surface area contributed by atoms with Gasteiger partial charge in [-0.2, -0.15) is 13.2 Å². The molecule has 0 spiro atoms. The van der Waals surface area contributed by atoms with E-state index in [1.54, 1.807) is 0 Å². The number of nitrogens with one attached hydrogen (secondary N) is 1. The minimum absolute atomic E-state index is 0.0305. The first kappa shape index (κ1) is 17.3. The Morgan fingerprint density at radius 1 is 1.35 bits per heavy atom. The van der Waals surface area contributed by atoms with Gasteiger partial charge in [-0.05, 0) is 18.4 Å². The van der Waals surface area contributed by atoms with Crippen LogP contribution in [0.5, 0.6) is 0 Å². The summed E-state index contributed by atoms with van der Waals surface area (Å²) in [5.41, 5.74) is 6.66. The number of nitrogens with zero attached hydrogens (tertiary/aromatic N) is 1. The summed E-state index contributed by atoms with van der Waals surface area (Å²) in [4.78, 5) is 24.6. The maximum Gasteiger partial charge on any atom is 0.406 e. The highest BCUT2D eigenvalue weighted by Gasteiger charge is 2.40. The van der Waals surface area contributed by atoms with Crippen LogP contribution >= 0.6 is 0 Å². The van der Waals surface area contributed by atoms with Crippen molar-refractivity contribution in [1.82, 2.24) is 10.2 Å². The topological polar surface area (TPSA) is 75.4 Å². The number of alkyl halides is 3. The van der Waals surface area contributed by atoms with Crippen LogP contribution in [-0.4, -0.2) is 48.1 Å². The van der Waals surface area contributed by atoms with Crippen molar-refractivity contribution in [3.05, 3.63) is 35.9 Å². The first-order valence-corrected chi connectivity index (χ1v) is 7.21. The summed E-state index contributed by atoms with van der Waals surface area (Å²) in [5, 5.41) is 2.44. The molecule has 1 unspecified atom stereocenters. The molecule has 0 saturated carbocycles. The van der Waals surface area contributed by atoms with Crippen LogP contribution in [0.15, 0.2) is 30.3 Å². The van der Waals surface area contributed by atoms with Crippen LogP contribution in [0.1, 0.15) is 12.0 Å². The highest BCUT2D eigenvalue weighted by Crippen LogP contribution is 2.20. The molecule has 0 aliphatic carbocycles. The highest BCUT2D eigenvalue weighted by atomic mass is 19.4. The van der Waals surface area contributed by atoms with Gasteiger partial charge in [0.2, 0.25) is 11.8 Å². The van der Waals surface area contributed by atoms with Crippen molar-refractivity contribution >= 4 is 11.8 Å². The van der Waals surface area contributed by atoms with Gasteiger partial charge in [0.05, 0.1) is 6.04 Å². The third-order valence-electron chi connectivity index (χ3n) is 3.62. The van der Waals surface area contributed by atoms with E-state index in [9.17, 15) is 22.8 Å². The van der Waals surface area contributed by atoms with E-state index < -0.39 is 36.6 Å². The predicted octanol–water partition coefficient (Wildman–Crippen LogP) is 0.836. The molecule has 1 aromatic rings. The summed E-state index contributed by atoms with van der Waals surface area (Å²) in [6.07, 6.45) is -4.00. The van der Waals surface area contributed by atoms with Crippen molar-refractivity contribution in [3.8, 4) is 0 Å². The van der Waals surface area contributed by atoms with Crippen molar-refractivity contribution in [2.45, 2.75) is 31.1 Å². The number of hydrogen-bond donors (Lipinski definition) is 2. The first-order chi connectivity index (χ1) is 10.8. The molecule has 5 nitrogen and oxygen atoms in total. The van der Waals surface area contributed by atoms with Crippen LogP contribution in [0.4, 0.5) is 13.2 Å². The molecule has 2 atom stereocenters. The Labute approximate surface area is 131 Å². The summed E-state index contributed by atoms with van der Waals surface area (Å²) in [6, 6.07) is 7.30. The van der Waals surface area contributed by atoms with Gasteiger partial charge < -0.3 is 16.0 Å². The van der Waals surface area contributed by atoms with E-state index in [1.165, 1.54) is 0 Å². The van der Waals surface area contributed by atoms with E-state index in [2.05, 4.69) is 5.32 Å². The van der Waals surface area contributed by atoms with Crippen molar-refractivity contribution < 1.29 is 22.8 Å². The number of nitrogens with two attached hydrogens (primary N) is 1. The fourth-order valence-electron chi connectivity index (χ4n) is 2.49. The third-order valence-corrected chi connectivity index (χ3v) is 3.62. The summed E-state index contributed by atoms with van der Waals surface area (Å²) < 4.78 is 37.0. The van der Waals surface area contributed by atoms with E-state index in [0.717, 1.165) is 5.56 Å².